The maximum atomic E-state index is 5.53. The van der Waals surface area contributed by atoms with Crippen LogP contribution in [0, 0.1) is 0 Å². The van der Waals surface area contributed by atoms with E-state index in [9.17, 15) is 0 Å². The van der Waals surface area contributed by atoms with Crippen LogP contribution in [0.15, 0.2) is 34.9 Å². The lowest BCUT2D eigenvalue weighted by atomic mass is 10.0. The van der Waals surface area contributed by atoms with Crippen molar-refractivity contribution in [2.75, 3.05) is 0 Å². The molecule has 2 aromatic rings. The average molecular weight is 258 g/mol. The summed E-state index contributed by atoms with van der Waals surface area (Å²) < 4.78 is 5.53. The predicted molar refractivity (Wildman–Crippen MR) is 78.0 cm³/mol. The van der Waals surface area contributed by atoms with Crippen LogP contribution in [-0.4, -0.2) is 11.0 Å². The monoisotopic (exact) mass is 258 g/mol. The fraction of sp³-hybridized carbons (Fsp3) is 0.438. The summed E-state index contributed by atoms with van der Waals surface area (Å²) in [4.78, 5) is 4.50. The van der Waals surface area contributed by atoms with Gasteiger partial charge in [0.25, 0.3) is 0 Å². The summed E-state index contributed by atoms with van der Waals surface area (Å²) in [5, 5.41) is 3.33. The van der Waals surface area contributed by atoms with Crippen LogP contribution in [0.4, 0.5) is 0 Å². The fourth-order valence-corrected chi connectivity index (χ4v) is 1.84. The molecule has 0 saturated carbocycles. The Bertz CT molecular complexity index is 512. The van der Waals surface area contributed by atoms with Gasteiger partial charge in [-0.3, -0.25) is 0 Å². The van der Waals surface area contributed by atoms with Gasteiger partial charge < -0.3 is 9.73 Å². The van der Waals surface area contributed by atoms with Crippen LogP contribution < -0.4 is 5.32 Å². The molecule has 0 saturated heterocycles. The largest absolute Gasteiger partial charge is 0.444 e. The highest BCUT2D eigenvalue weighted by Gasteiger charge is 2.07. The molecule has 0 fully saturated rings. The number of rotatable bonds is 5. The molecule has 1 aromatic heterocycles. The van der Waals surface area contributed by atoms with E-state index in [1.165, 1.54) is 5.56 Å². The van der Waals surface area contributed by atoms with Crippen LogP contribution in [-0.2, 0) is 6.54 Å². The molecule has 1 aromatic carbocycles. The number of oxazole rings is 1. The minimum Gasteiger partial charge on any atom is -0.444 e. The van der Waals surface area contributed by atoms with Gasteiger partial charge in [-0.15, -0.1) is 0 Å². The van der Waals surface area contributed by atoms with Gasteiger partial charge in [0.15, 0.2) is 0 Å². The molecule has 1 N–H and O–H groups in total. The molecular formula is C16H22N2O. The van der Waals surface area contributed by atoms with E-state index in [1.54, 1.807) is 6.26 Å². The Hall–Kier alpha value is -1.61. The summed E-state index contributed by atoms with van der Waals surface area (Å²) in [5.74, 6) is 1.24. The molecule has 0 spiro atoms. The van der Waals surface area contributed by atoms with Gasteiger partial charge in [0.1, 0.15) is 6.26 Å². The molecule has 0 radical (unpaired) electrons. The van der Waals surface area contributed by atoms with E-state index in [0.717, 1.165) is 17.8 Å². The van der Waals surface area contributed by atoms with Crippen molar-refractivity contribution in [3.63, 3.8) is 0 Å². The summed E-state index contributed by atoms with van der Waals surface area (Å²) in [6.45, 7) is 9.36. The Balaban J connectivity index is 2.09. The van der Waals surface area contributed by atoms with Crippen LogP contribution in [0.3, 0.4) is 0 Å². The Morgan fingerprint density at radius 2 is 1.79 bits per heavy atom. The zero-order chi connectivity index (χ0) is 13.8. The molecular weight excluding hydrogens is 236 g/mol. The molecule has 1 heterocycles. The first-order chi connectivity index (χ1) is 9.06. The summed E-state index contributed by atoms with van der Waals surface area (Å²) in [5.41, 5.74) is 3.30. The van der Waals surface area contributed by atoms with Crippen molar-refractivity contribution in [1.82, 2.24) is 10.3 Å². The van der Waals surface area contributed by atoms with Gasteiger partial charge in [-0.1, -0.05) is 39.8 Å². The van der Waals surface area contributed by atoms with Crippen molar-refractivity contribution in [2.45, 2.75) is 46.2 Å². The summed E-state index contributed by atoms with van der Waals surface area (Å²) in [6, 6.07) is 8.86. The average Bonchev–Trinajstić information content (AvgIpc) is 2.85. The third-order valence-corrected chi connectivity index (χ3v) is 3.07. The Labute approximate surface area is 115 Å². The highest BCUT2D eigenvalue weighted by molar-refractivity contribution is 5.53. The van der Waals surface area contributed by atoms with Crippen molar-refractivity contribution in [3.05, 3.63) is 41.8 Å². The lowest BCUT2D eigenvalue weighted by Gasteiger charge is -2.05. The van der Waals surface area contributed by atoms with Gasteiger partial charge in [-0.05, 0) is 23.6 Å². The predicted octanol–water partition coefficient (Wildman–Crippen LogP) is 3.96. The first kappa shape index (κ1) is 13.8. The first-order valence-electron chi connectivity index (χ1n) is 6.84. The van der Waals surface area contributed by atoms with Crippen LogP contribution >= 0.6 is 0 Å². The minimum atomic E-state index is 0.450. The Morgan fingerprint density at radius 1 is 1.11 bits per heavy atom. The molecule has 0 unspecified atom stereocenters. The fourth-order valence-electron chi connectivity index (χ4n) is 1.84. The van der Waals surface area contributed by atoms with E-state index in [2.05, 4.69) is 62.3 Å². The Morgan fingerprint density at radius 3 is 2.37 bits per heavy atom. The van der Waals surface area contributed by atoms with Gasteiger partial charge in [-0.25, -0.2) is 4.98 Å². The van der Waals surface area contributed by atoms with Crippen molar-refractivity contribution < 1.29 is 4.42 Å². The minimum absolute atomic E-state index is 0.450. The Kier molecular flexibility index (Phi) is 4.38. The van der Waals surface area contributed by atoms with Crippen molar-refractivity contribution in [1.29, 1.82) is 0 Å². The van der Waals surface area contributed by atoms with Gasteiger partial charge in [0, 0.05) is 18.2 Å². The molecule has 0 bridgehead atoms. The zero-order valence-corrected chi connectivity index (χ0v) is 12.1. The summed E-state index contributed by atoms with van der Waals surface area (Å²) in [7, 11) is 0. The number of nitrogens with zero attached hydrogens (tertiary/aromatic N) is 1. The molecule has 0 aliphatic carbocycles. The van der Waals surface area contributed by atoms with Crippen LogP contribution in [0.1, 0.15) is 44.9 Å². The maximum absolute atomic E-state index is 5.53. The van der Waals surface area contributed by atoms with E-state index < -0.39 is 0 Å². The third kappa shape index (κ3) is 3.67. The lowest BCUT2D eigenvalue weighted by molar-refractivity contribution is 0.560. The summed E-state index contributed by atoms with van der Waals surface area (Å²) in [6.07, 6.45) is 1.72. The maximum Gasteiger partial charge on any atom is 0.226 e. The van der Waals surface area contributed by atoms with E-state index in [4.69, 9.17) is 4.42 Å². The van der Waals surface area contributed by atoms with Crippen LogP contribution in [0.2, 0.25) is 0 Å². The second-order valence-corrected chi connectivity index (χ2v) is 5.46. The van der Waals surface area contributed by atoms with Crippen LogP contribution in [0.25, 0.3) is 11.5 Å². The lowest BCUT2D eigenvalue weighted by Crippen LogP contribution is -2.21. The number of hydrogen-bond acceptors (Lipinski definition) is 3. The molecule has 2 rings (SSSR count). The van der Waals surface area contributed by atoms with Crippen LogP contribution in [0.5, 0.6) is 0 Å². The topological polar surface area (TPSA) is 38.1 Å². The quantitative estimate of drug-likeness (QED) is 0.882. The number of aromatic nitrogens is 1. The SMILES string of the molecule is CC(C)NCc1coc(-c2ccc(C(C)C)cc2)n1. The molecule has 0 aliphatic heterocycles. The van der Waals surface area contributed by atoms with Gasteiger partial charge in [0.05, 0.1) is 5.69 Å². The molecule has 19 heavy (non-hydrogen) atoms. The molecule has 3 nitrogen and oxygen atoms in total. The number of nitrogens with one attached hydrogen (secondary N) is 1. The third-order valence-electron chi connectivity index (χ3n) is 3.07. The highest BCUT2D eigenvalue weighted by Crippen LogP contribution is 2.22. The molecule has 0 amide bonds. The standard InChI is InChI=1S/C16H22N2O/c1-11(2)13-5-7-14(8-6-13)16-18-15(10-19-16)9-17-12(3)4/h5-8,10-12,17H,9H2,1-4H3. The van der Waals surface area contributed by atoms with Gasteiger partial charge >= 0.3 is 0 Å². The molecule has 0 atom stereocenters. The first-order valence-corrected chi connectivity index (χ1v) is 6.84. The van der Waals surface area contributed by atoms with Gasteiger partial charge in [0.2, 0.25) is 5.89 Å². The smallest absolute Gasteiger partial charge is 0.226 e. The van der Waals surface area contributed by atoms with Crippen molar-refractivity contribution in [3.8, 4) is 11.5 Å². The highest BCUT2D eigenvalue weighted by atomic mass is 16.3. The molecule has 3 heteroatoms. The second kappa shape index (κ2) is 6.02. The van der Waals surface area contributed by atoms with E-state index in [1.807, 2.05) is 0 Å². The van der Waals surface area contributed by atoms with Crippen molar-refractivity contribution >= 4 is 0 Å². The van der Waals surface area contributed by atoms with Gasteiger partial charge in [-0.2, -0.15) is 0 Å². The number of benzene rings is 1. The zero-order valence-electron chi connectivity index (χ0n) is 12.1. The van der Waals surface area contributed by atoms with Crippen molar-refractivity contribution in [2.24, 2.45) is 0 Å². The number of hydrogen-bond donors (Lipinski definition) is 1. The van der Waals surface area contributed by atoms with E-state index >= 15 is 0 Å². The molecule has 0 aliphatic rings. The van der Waals surface area contributed by atoms with E-state index in [0.29, 0.717) is 17.9 Å². The summed E-state index contributed by atoms with van der Waals surface area (Å²) >= 11 is 0. The molecule has 102 valence electrons. The normalized spacial score (nSPS) is 11.5. The van der Waals surface area contributed by atoms with E-state index in [-0.39, 0.29) is 0 Å². The second-order valence-electron chi connectivity index (χ2n) is 5.46.